The lowest BCUT2D eigenvalue weighted by molar-refractivity contribution is -0.128. The van der Waals surface area contributed by atoms with E-state index < -0.39 is 0 Å². The van der Waals surface area contributed by atoms with Crippen LogP contribution in [0.15, 0.2) is 0 Å². The highest BCUT2D eigenvalue weighted by Gasteiger charge is 2.10. The Morgan fingerprint density at radius 2 is 1.31 bits per heavy atom. The molecule has 0 aliphatic carbocycles. The van der Waals surface area contributed by atoms with Gasteiger partial charge in [-0.2, -0.15) is 0 Å². The zero-order valence-corrected chi connectivity index (χ0v) is 7.05. The van der Waals surface area contributed by atoms with E-state index in [2.05, 4.69) is 16.0 Å². The minimum atomic E-state index is -0.356. The van der Waals surface area contributed by atoms with Gasteiger partial charge < -0.3 is 16.0 Å². The average Bonchev–Trinajstić information content (AvgIpc) is 2.10. The van der Waals surface area contributed by atoms with Crippen molar-refractivity contribution in [1.82, 2.24) is 16.0 Å². The number of rotatable bonds is 0. The smallest absolute Gasteiger partial charge is 0.239 e. The van der Waals surface area contributed by atoms with Crippen molar-refractivity contribution in [2.45, 2.75) is 6.42 Å². The van der Waals surface area contributed by atoms with Gasteiger partial charge in [0, 0.05) is 13.0 Å². The molecule has 0 aromatic heterocycles. The van der Waals surface area contributed by atoms with Crippen LogP contribution in [0.2, 0.25) is 0 Å². The number of hydrogen-bond acceptors (Lipinski definition) is 3. The zero-order valence-electron chi connectivity index (χ0n) is 7.05. The molecule has 1 fully saturated rings. The lowest BCUT2D eigenvalue weighted by atomic mass is 10.3. The first kappa shape index (κ1) is 9.50. The normalized spacial score (nSPS) is 19.8. The standard InChI is InChI=1S/C7H11N3O3/c11-5-1-2-8-6(12)3-10-7(13)4-9-5/h1-4H2,(H,8,12)(H,9,11)(H,10,13). The summed E-state index contributed by atoms with van der Waals surface area (Å²) < 4.78 is 0. The fraction of sp³-hybridized carbons (Fsp3) is 0.571. The maximum atomic E-state index is 10.9. The molecule has 1 aliphatic rings. The highest BCUT2D eigenvalue weighted by molar-refractivity contribution is 5.89. The van der Waals surface area contributed by atoms with Crippen LogP contribution in [0.3, 0.4) is 0 Å². The molecule has 13 heavy (non-hydrogen) atoms. The molecule has 0 atom stereocenters. The summed E-state index contributed by atoms with van der Waals surface area (Å²) in [6.07, 6.45) is 0.207. The van der Waals surface area contributed by atoms with Crippen LogP contribution in [0.25, 0.3) is 0 Å². The highest BCUT2D eigenvalue weighted by Crippen LogP contribution is 1.79. The third kappa shape index (κ3) is 3.55. The maximum Gasteiger partial charge on any atom is 0.239 e. The summed E-state index contributed by atoms with van der Waals surface area (Å²) >= 11 is 0. The molecule has 3 N–H and O–H groups in total. The summed E-state index contributed by atoms with van der Waals surface area (Å²) in [5, 5.41) is 7.26. The molecule has 0 radical (unpaired) electrons. The topological polar surface area (TPSA) is 87.3 Å². The lowest BCUT2D eigenvalue weighted by Crippen LogP contribution is -2.45. The second kappa shape index (κ2) is 4.44. The van der Waals surface area contributed by atoms with Crippen LogP contribution in [0.5, 0.6) is 0 Å². The van der Waals surface area contributed by atoms with Gasteiger partial charge in [0.05, 0.1) is 13.1 Å². The summed E-state index contributed by atoms with van der Waals surface area (Å²) in [5.41, 5.74) is 0. The molecule has 0 unspecified atom stereocenters. The van der Waals surface area contributed by atoms with Crippen molar-refractivity contribution < 1.29 is 14.4 Å². The molecule has 1 heterocycles. The predicted molar refractivity (Wildman–Crippen MR) is 43.6 cm³/mol. The van der Waals surface area contributed by atoms with Gasteiger partial charge in [-0.05, 0) is 0 Å². The van der Waals surface area contributed by atoms with E-state index in [-0.39, 0.29) is 37.2 Å². The van der Waals surface area contributed by atoms with Gasteiger partial charge in [0.1, 0.15) is 0 Å². The molecule has 0 bridgehead atoms. The lowest BCUT2D eigenvalue weighted by Gasteiger charge is -2.10. The van der Waals surface area contributed by atoms with Crippen molar-refractivity contribution in [3.05, 3.63) is 0 Å². The van der Waals surface area contributed by atoms with Crippen LogP contribution in [0.1, 0.15) is 6.42 Å². The van der Waals surface area contributed by atoms with Crippen molar-refractivity contribution in [3.8, 4) is 0 Å². The first-order chi connectivity index (χ1) is 6.18. The Kier molecular flexibility index (Phi) is 3.24. The van der Waals surface area contributed by atoms with Crippen molar-refractivity contribution in [2.75, 3.05) is 19.6 Å². The Bertz CT molecular complexity index is 217. The van der Waals surface area contributed by atoms with E-state index in [9.17, 15) is 14.4 Å². The molecule has 6 nitrogen and oxygen atoms in total. The third-order valence-electron chi connectivity index (χ3n) is 1.57. The molecule has 0 aromatic rings. The molecule has 0 spiro atoms. The van der Waals surface area contributed by atoms with Crippen LogP contribution >= 0.6 is 0 Å². The SMILES string of the molecule is O=C1CCNC(=O)CNC(=O)CN1. The van der Waals surface area contributed by atoms with E-state index >= 15 is 0 Å². The van der Waals surface area contributed by atoms with Crippen molar-refractivity contribution in [2.24, 2.45) is 0 Å². The summed E-state index contributed by atoms with van der Waals surface area (Å²) in [6, 6.07) is 0. The van der Waals surface area contributed by atoms with Crippen molar-refractivity contribution >= 4 is 17.7 Å². The summed E-state index contributed by atoms with van der Waals surface area (Å²) in [7, 11) is 0. The molecule has 1 saturated heterocycles. The molecular weight excluding hydrogens is 174 g/mol. The van der Waals surface area contributed by atoms with Crippen LogP contribution in [0.4, 0.5) is 0 Å². The quantitative estimate of drug-likeness (QED) is 0.398. The third-order valence-corrected chi connectivity index (χ3v) is 1.57. The zero-order chi connectivity index (χ0) is 9.68. The second-order valence-corrected chi connectivity index (χ2v) is 2.65. The van der Waals surface area contributed by atoms with E-state index in [1.807, 2.05) is 0 Å². The van der Waals surface area contributed by atoms with E-state index in [0.29, 0.717) is 6.54 Å². The first-order valence-electron chi connectivity index (χ1n) is 3.98. The van der Waals surface area contributed by atoms with E-state index in [1.165, 1.54) is 0 Å². The van der Waals surface area contributed by atoms with Gasteiger partial charge in [0.15, 0.2) is 0 Å². The molecule has 1 aliphatic heterocycles. The van der Waals surface area contributed by atoms with Gasteiger partial charge in [-0.1, -0.05) is 0 Å². The van der Waals surface area contributed by atoms with E-state index in [4.69, 9.17) is 0 Å². The van der Waals surface area contributed by atoms with E-state index in [1.54, 1.807) is 0 Å². The fourth-order valence-corrected chi connectivity index (χ4v) is 0.887. The molecule has 0 aromatic carbocycles. The van der Waals surface area contributed by atoms with Crippen LogP contribution in [-0.4, -0.2) is 37.4 Å². The second-order valence-electron chi connectivity index (χ2n) is 2.65. The predicted octanol–water partition coefficient (Wildman–Crippen LogP) is -2.26. The molecule has 0 saturated carbocycles. The Hall–Kier alpha value is -1.59. The number of carbonyl (C=O) groups excluding carboxylic acids is 3. The molecule has 3 amide bonds. The van der Waals surface area contributed by atoms with Crippen molar-refractivity contribution in [3.63, 3.8) is 0 Å². The largest absolute Gasteiger partial charge is 0.354 e. The number of nitrogens with one attached hydrogen (secondary N) is 3. The number of hydrogen-bond donors (Lipinski definition) is 3. The maximum absolute atomic E-state index is 10.9. The van der Waals surface area contributed by atoms with Gasteiger partial charge in [0.2, 0.25) is 17.7 Å². The van der Waals surface area contributed by atoms with Gasteiger partial charge >= 0.3 is 0 Å². The Morgan fingerprint density at radius 1 is 0.769 bits per heavy atom. The average molecular weight is 185 g/mol. The first-order valence-corrected chi connectivity index (χ1v) is 3.98. The van der Waals surface area contributed by atoms with Crippen LogP contribution in [0, 0.1) is 0 Å². The van der Waals surface area contributed by atoms with Crippen molar-refractivity contribution in [1.29, 1.82) is 0 Å². The number of amides is 3. The van der Waals surface area contributed by atoms with Gasteiger partial charge in [-0.25, -0.2) is 0 Å². The van der Waals surface area contributed by atoms with Gasteiger partial charge in [-0.3, -0.25) is 14.4 Å². The minimum absolute atomic E-state index is 0.0330. The Labute approximate surface area is 75.1 Å². The van der Waals surface area contributed by atoms with Gasteiger partial charge in [-0.15, -0.1) is 0 Å². The Balaban J connectivity index is 2.46. The molecule has 6 heteroatoms. The molecule has 1 rings (SSSR count). The fourth-order valence-electron chi connectivity index (χ4n) is 0.887. The summed E-state index contributed by atoms with van der Waals surface area (Å²) in [5.74, 6) is -0.870. The Morgan fingerprint density at radius 3 is 2.00 bits per heavy atom. The summed E-state index contributed by atoms with van der Waals surface area (Å²) in [4.78, 5) is 32.7. The van der Waals surface area contributed by atoms with E-state index in [0.717, 1.165) is 0 Å². The highest BCUT2D eigenvalue weighted by atomic mass is 16.2. The molecule has 72 valence electrons. The summed E-state index contributed by atoms with van der Waals surface area (Å²) in [6.45, 7) is 0.210. The van der Waals surface area contributed by atoms with Crippen LogP contribution in [-0.2, 0) is 14.4 Å². The molecular formula is C7H11N3O3. The number of carbonyl (C=O) groups is 3. The minimum Gasteiger partial charge on any atom is -0.354 e. The van der Waals surface area contributed by atoms with Gasteiger partial charge in [0.25, 0.3) is 0 Å². The monoisotopic (exact) mass is 185 g/mol. The van der Waals surface area contributed by atoms with Crippen LogP contribution < -0.4 is 16.0 Å².